The molecule has 2 rings (SSSR count). The molecule has 0 atom stereocenters. The van der Waals surface area contributed by atoms with Crippen molar-refractivity contribution in [2.75, 3.05) is 0 Å². The Kier molecular flexibility index (Phi) is 3.74. The standard InChI is InChI=1S/C14H8F4O2/c15-9-6-7-12(14(16,17)18)11(8-9)13(19)20-10-4-2-1-3-5-10/h1-8H. The van der Waals surface area contributed by atoms with Gasteiger partial charge in [0, 0.05) is 0 Å². The molecule has 0 aliphatic carbocycles. The van der Waals surface area contributed by atoms with Crippen LogP contribution in [0.25, 0.3) is 0 Å². The number of hydrogen-bond acceptors (Lipinski definition) is 2. The lowest BCUT2D eigenvalue weighted by Crippen LogP contribution is -2.17. The largest absolute Gasteiger partial charge is 0.423 e. The number of carbonyl (C=O) groups excluding carboxylic acids is 1. The fourth-order valence-corrected chi connectivity index (χ4v) is 1.58. The van der Waals surface area contributed by atoms with Crippen molar-refractivity contribution >= 4 is 5.97 Å². The van der Waals surface area contributed by atoms with Crippen molar-refractivity contribution < 1.29 is 27.1 Å². The molecule has 0 saturated heterocycles. The highest BCUT2D eigenvalue weighted by Crippen LogP contribution is 2.32. The van der Waals surface area contributed by atoms with Crippen molar-refractivity contribution in [3.05, 3.63) is 65.5 Å². The molecule has 2 nitrogen and oxygen atoms in total. The number of benzene rings is 2. The van der Waals surface area contributed by atoms with Gasteiger partial charge >= 0.3 is 12.1 Å². The molecule has 0 spiro atoms. The quantitative estimate of drug-likeness (QED) is 0.472. The van der Waals surface area contributed by atoms with Crippen LogP contribution in [0, 0.1) is 5.82 Å². The molecular formula is C14H8F4O2. The minimum atomic E-state index is -4.77. The zero-order valence-corrected chi connectivity index (χ0v) is 9.95. The SMILES string of the molecule is O=C(Oc1ccccc1)c1cc(F)ccc1C(F)(F)F. The van der Waals surface area contributed by atoms with E-state index in [4.69, 9.17) is 4.74 Å². The van der Waals surface area contributed by atoms with Gasteiger partial charge in [-0.3, -0.25) is 0 Å². The van der Waals surface area contributed by atoms with E-state index in [0.29, 0.717) is 18.2 Å². The third-order valence-corrected chi connectivity index (χ3v) is 2.46. The highest BCUT2D eigenvalue weighted by Gasteiger charge is 2.36. The van der Waals surface area contributed by atoms with Crippen molar-refractivity contribution in [2.45, 2.75) is 6.18 Å². The molecule has 0 aliphatic heterocycles. The predicted molar refractivity (Wildman–Crippen MR) is 62.8 cm³/mol. The lowest BCUT2D eigenvalue weighted by Gasteiger charge is -2.12. The van der Waals surface area contributed by atoms with Crippen molar-refractivity contribution in [3.8, 4) is 5.75 Å². The van der Waals surface area contributed by atoms with E-state index in [1.54, 1.807) is 18.2 Å². The zero-order valence-electron chi connectivity index (χ0n) is 9.95. The molecule has 6 heteroatoms. The zero-order chi connectivity index (χ0) is 14.8. The minimum absolute atomic E-state index is 0.0786. The number of rotatable bonds is 2. The van der Waals surface area contributed by atoms with Crippen LogP contribution in [0.2, 0.25) is 0 Å². The summed E-state index contributed by atoms with van der Waals surface area (Å²) in [7, 11) is 0. The second kappa shape index (κ2) is 5.32. The fourth-order valence-electron chi connectivity index (χ4n) is 1.58. The number of ether oxygens (including phenoxy) is 1. The van der Waals surface area contributed by atoms with E-state index in [0.717, 1.165) is 0 Å². The minimum Gasteiger partial charge on any atom is -0.423 e. The lowest BCUT2D eigenvalue weighted by molar-refractivity contribution is -0.138. The van der Waals surface area contributed by atoms with Crippen LogP contribution in [-0.2, 0) is 6.18 Å². The third kappa shape index (κ3) is 3.14. The predicted octanol–water partition coefficient (Wildman–Crippen LogP) is 4.06. The van der Waals surface area contributed by atoms with E-state index >= 15 is 0 Å². The van der Waals surface area contributed by atoms with E-state index in [1.165, 1.54) is 12.1 Å². The first-order valence-corrected chi connectivity index (χ1v) is 5.52. The van der Waals surface area contributed by atoms with Crippen LogP contribution in [0.15, 0.2) is 48.5 Å². The molecule has 20 heavy (non-hydrogen) atoms. The summed E-state index contributed by atoms with van der Waals surface area (Å²) >= 11 is 0. The Morgan fingerprint density at radius 3 is 2.25 bits per heavy atom. The van der Waals surface area contributed by atoms with Crippen LogP contribution in [0.5, 0.6) is 5.75 Å². The van der Waals surface area contributed by atoms with Gasteiger partial charge in [-0.15, -0.1) is 0 Å². The van der Waals surface area contributed by atoms with E-state index in [1.807, 2.05) is 0 Å². The maximum absolute atomic E-state index is 13.1. The van der Waals surface area contributed by atoms with Gasteiger partial charge in [0.2, 0.25) is 0 Å². The van der Waals surface area contributed by atoms with Crippen LogP contribution in [0.4, 0.5) is 17.6 Å². The highest BCUT2D eigenvalue weighted by atomic mass is 19.4. The average molecular weight is 284 g/mol. The number of esters is 1. The van der Waals surface area contributed by atoms with Crippen LogP contribution < -0.4 is 4.74 Å². The molecule has 0 unspecified atom stereocenters. The van der Waals surface area contributed by atoms with Crippen molar-refractivity contribution in [2.24, 2.45) is 0 Å². The van der Waals surface area contributed by atoms with E-state index in [9.17, 15) is 22.4 Å². The second-order valence-electron chi connectivity index (χ2n) is 3.89. The number of hydrogen-bond donors (Lipinski definition) is 0. The molecule has 104 valence electrons. The van der Waals surface area contributed by atoms with Crippen LogP contribution in [0.3, 0.4) is 0 Å². The molecular weight excluding hydrogens is 276 g/mol. The fraction of sp³-hybridized carbons (Fsp3) is 0.0714. The normalized spacial score (nSPS) is 11.2. The summed E-state index contributed by atoms with van der Waals surface area (Å²) in [5, 5.41) is 0. The number of alkyl halides is 3. The van der Waals surface area contributed by atoms with Gasteiger partial charge in [0.1, 0.15) is 11.6 Å². The molecule has 0 aromatic heterocycles. The van der Waals surface area contributed by atoms with Crippen LogP contribution >= 0.6 is 0 Å². The van der Waals surface area contributed by atoms with Gasteiger partial charge in [0.15, 0.2) is 0 Å². The molecule has 0 aliphatic rings. The Labute approximate surface area is 111 Å². The molecule has 2 aromatic carbocycles. The summed E-state index contributed by atoms with van der Waals surface area (Å²) in [6, 6.07) is 9.24. The Morgan fingerprint density at radius 2 is 1.65 bits per heavy atom. The number of para-hydroxylation sites is 1. The van der Waals surface area contributed by atoms with Gasteiger partial charge < -0.3 is 4.74 Å². The van der Waals surface area contributed by atoms with Gasteiger partial charge in [-0.1, -0.05) is 18.2 Å². The summed E-state index contributed by atoms with van der Waals surface area (Å²) < 4.78 is 56.1. The Balaban J connectivity index is 2.36. The molecule has 0 saturated carbocycles. The molecule has 0 heterocycles. The molecule has 0 radical (unpaired) electrons. The van der Waals surface area contributed by atoms with Gasteiger partial charge in [-0.05, 0) is 30.3 Å². The molecule has 0 bridgehead atoms. The molecule has 0 amide bonds. The summed E-state index contributed by atoms with van der Waals surface area (Å²) in [5.74, 6) is -2.13. The molecule has 0 fully saturated rings. The van der Waals surface area contributed by atoms with Gasteiger partial charge in [0.05, 0.1) is 11.1 Å². The van der Waals surface area contributed by atoms with Crippen LogP contribution in [0.1, 0.15) is 15.9 Å². The van der Waals surface area contributed by atoms with Crippen LogP contribution in [-0.4, -0.2) is 5.97 Å². The second-order valence-corrected chi connectivity index (χ2v) is 3.89. The summed E-state index contributed by atoms with van der Waals surface area (Å²) in [6.45, 7) is 0. The first-order chi connectivity index (χ1) is 9.38. The first kappa shape index (κ1) is 14.0. The topological polar surface area (TPSA) is 26.3 Å². The lowest BCUT2D eigenvalue weighted by atomic mass is 10.1. The monoisotopic (exact) mass is 284 g/mol. The first-order valence-electron chi connectivity index (χ1n) is 5.52. The van der Waals surface area contributed by atoms with E-state index in [-0.39, 0.29) is 5.75 Å². The summed E-state index contributed by atoms with van der Waals surface area (Å²) in [5.41, 5.74) is -2.10. The maximum Gasteiger partial charge on any atom is 0.417 e. The van der Waals surface area contributed by atoms with Crippen molar-refractivity contribution in [1.29, 1.82) is 0 Å². The third-order valence-electron chi connectivity index (χ3n) is 2.46. The maximum atomic E-state index is 13.1. The number of halogens is 4. The smallest absolute Gasteiger partial charge is 0.417 e. The summed E-state index contributed by atoms with van der Waals surface area (Å²) in [4.78, 5) is 11.7. The summed E-state index contributed by atoms with van der Waals surface area (Å²) in [6.07, 6.45) is -4.77. The van der Waals surface area contributed by atoms with Crippen molar-refractivity contribution in [3.63, 3.8) is 0 Å². The molecule has 2 aromatic rings. The Bertz CT molecular complexity index is 621. The van der Waals surface area contributed by atoms with Gasteiger partial charge in [-0.2, -0.15) is 13.2 Å². The number of carbonyl (C=O) groups is 1. The van der Waals surface area contributed by atoms with Crippen molar-refractivity contribution in [1.82, 2.24) is 0 Å². The Hall–Kier alpha value is -2.37. The Morgan fingerprint density at radius 1 is 1.00 bits per heavy atom. The highest BCUT2D eigenvalue weighted by molar-refractivity contribution is 5.92. The van der Waals surface area contributed by atoms with E-state index in [2.05, 4.69) is 0 Å². The van der Waals surface area contributed by atoms with Gasteiger partial charge in [-0.25, -0.2) is 9.18 Å². The average Bonchev–Trinajstić information content (AvgIpc) is 2.38. The molecule has 0 N–H and O–H groups in total. The van der Waals surface area contributed by atoms with Gasteiger partial charge in [0.25, 0.3) is 0 Å². The van der Waals surface area contributed by atoms with E-state index < -0.39 is 29.1 Å².